The maximum atomic E-state index is 12.7. The maximum absolute atomic E-state index is 12.7. The van der Waals surface area contributed by atoms with E-state index in [2.05, 4.69) is 35.0 Å². The van der Waals surface area contributed by atoms with Crippen molar-refractivity contribution in [3.05, 3.63) is 54.6 Å². The minimum Gasteiger partial charge on any atom is -0.356 e. The Bertz CT molecular complexity index is 1040. The molecule has 0 saturated carbocycles. The van der Waals surface area contributed by atoms with Gasteiger partial charge in [0.05, 0.1) is 5.52 Å². The monoisotopic (exact) mass is 445 g/mol. The molecule has 1 fully saturated rings. The molecule has 4 rings (SSSR count). The predicted octanol–water partition coefficient (Wildman–Crippen LogP) is 4.36. The van der Waals surface area contributed by atoms with Crippen LogP contribution in [-0.4, -0.2) is 60.0 Å². The highest BCUT2D eigenvalue weighted by atomic mass is 16.1. The summed E-state index contributed by atoms with van der Waals surface area (Å²) >= 11 is 0. The van der Waals surface area contributed by atoms with Gasteiger partial charge in [-0.3, -0.25) is 4.79 Å². The van der Waals surface area contributed by atoms with Crippen molar-refractivity contribution in [3.8, 4) is 11.4 Å². The highest BCUT2D eigenvalue weighted by molar-refractivity contribution is 5.91. The standard InChI is InChI=1S/C27H35N5O/c1-3-31(4-2)18-10-17-28-27(33)22-15-19-32(20-16-22)26-23-13-8-9-14-24(23)29-25(30-26)21-11-6-5-7-12-21/h5-9,11-14,22H,3-4,10,15-20H2,1-2H3,(H,28,33). The average molecular weight is 446 g/mol. The summed E-state index contributed by atoms with van der Waals surface area (Å²) in [5, 5.41) is 4.23. The second-order valence-corrected chi connectivity index (χ2v) is 8.69. The van der Waals surface area contributed by atoms with Gasteiger partial charge in [0.1, 0.15) is 5.82 Å². The summed E-state index contributed by atoms with van der Waals surface area (Å²) in [6.45, 7) is 9.93. The highest BCUT2D eigenvalue weighted by Gasteiger charge is 2.26. The molecule has 1 N–H and O–H groups in total. The van der Waals surface area contributed by atoms with Crippen LogP contribution in [0.25, 0.3) is 22.3 Å². The zero-order valence-corrected chi connectivity index (χ0v) is 19.8. The molecule has 1 aromatic heterocycles. The van der Waals surface area contributed by atoms with E-state index < -0.39 is 0 Å². The number of para-hydroxylation sites is 1. The van der Waals surface area contributed by atoms with Gasteiger partial charge in [-0.05, 0) is 51.0 Å². The molecule has 2 heterocycles. The second-order valence-electron chi connectivity index (χ2n) is 8.69. The van der Waals surface area contributed by atoms with Crippen molar-refractivity contribution in [3.63, 3.8) is 0 Å². The Kier molecular flexibility index (Phi) is 7.89. The number of piperidine rings is 1. The van der Waals surface area contributed by atoms with Crippen LogP contribution in [0.2, 0.25) is 0 Å². The lowest BCUT2D eigenvalue weighted by atomic mass is 9.95. The molecule has 0 unspecified atom stereocenters. The number of carbonyl (C=O) groups excluding carboxylic acids is 1. The molecule has 0 radical (unpaired) electrons. The maximum Gasteiger partial charge on any atom is 0.223 e. The number of nitrogens with zero attached hydrogens (tertiary/aromatic N) is 4. The lowest BCUT2D eigenvalue weighted by Gasteiger charge is -2.33. The van der Waals surface area contributed by atoms with Crippen molar-refractivity contribution in [2.75, 3.05) is 44.2 Å². The minimum atomic E-state index is 0.0800. The average Bonchev–Trinajstić information content (AvgIpc) is 2.88. The van der Waals surface area contributed by atoms with Crippen LogP contribution in [0, 0.1) is 5.92 Å². The Morgan fingerprint density at radius 3 is 2.42 bits per heavy atom. The first-order chi connectivity index (χ1) is 16.2. The van der Waals surface area contributed by atoms with Gasteiger partial charge in [-0.15, -0.1) is 0 Å². The number of aromatic nitrogens is 2. The quantitative estimate of drug-likeness (QED) is 0.496. The van der Waals surface area contributed by atoms with Gasteiger partial charge < -0.3 is 15.1 Å². The number of hydrogen-bond acceptors (Lipinski definition) is 5. The fourth-order valence-electron chi connectivity index (χ4n) is 4.57. The van der Waals surface area contributed by atoms with Crippen LogP contribution in [-0.2, 0) is 4.79 Å². The summed E-state index contributed by atoms with van der Waals surface area (Å²) in [5.74, 6) is 2.00. The minimum absolute atomic E-state index is 0.0800. The summed E-state index contributed by atoms with van der Waals surface area (Å²) in [5.41, 5.74) is 1.97. The number of benzene rings is 2. The molecule has 33 heavy (non-hydrogen) atoms. The summed E-state index contributed by atoms with van der Waals surface area (Å²) in [6, 6.07) is 18.3. The van der Waals surface area contributed by atoms with Crippen LogP contribution in [0.5, 0.6) is 0 Å². The topological polar surface area (TPSA) is 61.4 Å². The zero-order chi connectivity index (χ0) is 23.0. The first kappa shape index (κ1) is 23.2. The van der Waals surface area contributed by atoms with E-state index in [4.69, 9.17) is 9.97 Å². The van der Waals surface area contributed by atoms with E-state index in [0.29, 0.717) is 0 Å². The van der Waals surface area contributed by atoms with E-state index in [9.17, 15) is 4.79 Å². The Balaban J connectivity index is 1.40. The number of carbonyl (C=O) groups is 1. The molecule has 1 aliphatic rings. The molecule has 0 spiro atoms. The Morgan fingerprint density at radius 2 is 1.70 bits per heavy atom. The van der Waals surface area contributed by atoms with Gasteiger partial charge >= 0.3 is 0 Å². The van der Waals surface area contributed by atoms with Crippen molar-refractivity contribution in [2.24, 2.45) is 5.92 Å². The van der Waals surface area contributed by atoms with Crippen molar-refractivity contribution < 1.29 is 4.79 Å². The zero-order valence-electron chi connectivity index (χ0n) is 19.8. The molecule has 2 aromatic carbocycles. The fourth-order valence-corrected chi connectivity index (χ4v) is 4.57. The fraction of sp³-hybridized carbons (Fsp3) is 0.444. The van der Waals surface area contributed by atoms with Gasteiger partial charge in [-0.2, -0.15) is 0 Å². The third kappa shape index (κ3) is 5.69. The van der Waals surface area contributed by atoms with Crippen molar-refractivity contribution in [2.45, 2.75) is 33.1 Å². The number of rotatable bonds is 9. The third-order valence-electron chi connectivity index (χ3n) is 6.63. The van der Waals surface area contributed by atoms with E-state index in [-0.39, 0.29) is 11.8 Å². The summed E-state index contributed by atoms with van der Waals surface area (Å²) in [6.07, 6.45) is 2.70. The van der Waals surface area contributed by atoms with Crippen molar-refractivity contribution in [1.29, 1.82) is 0 Å². The van der Waals surface area contributed by atoms with Crippen molar-refractivity contribution >= 4 is 22.6 Å². The number of anilines is 1. The number of fused-ring (bicyclic) bond motifs is 1. The lowest BCUT2D eigenvalue weighted by molar-refractivity contribution is -0.125. The predicted molar refractivity (Wildman–Crippen MR) is 135 cm³/mol. The molecule has 0 bridgehead atoms. The molecule has 6 nitrogen and oxygen atoms in total. The van der Waals surface area contributed by atoms with E-state index in [1.54, 1.807) is 0 Å². The van der Waals surface area contributed by atoms with E-state index in [1.807, 2.05) is 48.5 Å². The summed E-state index contributed by atoms with van der Waals surface area (Å²) < 4.78 is 0. The Morgan fingerprint density at radius 1 is 1.00 bits per heavy atom. The second kappa shape index (κ2) is 11.2. The van der Waals surface area contributed by atoms with Crippen LogP contribution in [0.4, 0.5) is 5.82 Å². The normalized spacial score (nSPS) is 14.7. The molecule has 3 aromatic rings. The van der Waals surface area contributed by atoms with Gasteiger partial charge in [0.15, 0.2) is 5.82 Å². The van der Waals surface area contributed by atoms with Gasteiger partial charge in [0.2, 0.25) is 5.91 Å². The SMILES string of the molecule is CCN(CC)CCCNC(=O)C1CCN(c2nc(-c3ccccc3)nc3ccccc23)CC1. The number of amides is 1. The smallest absolute Gasteiger partial charge is 0.223 e. The molecule has 6 heteroatoms. The van der Waals surface area contributed by atoms with Gasteiger partial charge in [-0.25, -0.2) is 9.97 Å². The highest BCUT2D eigenvalue weighted by Crippen LogP contribution is 2.30. The molecular formula is C27H35N5O. The van der Waals surface area contributed by atoms with Crippen LogP contribution in [0.15, 0.2) is 54.6 Å². The first-order valence-electron chi connectivity index (χ1n) is 12.3. The molecule has 1 saturated heterocycles. The molecule has 1 amide bonds. The molecule has 1 aliphatic heterocycles. The van der Waals surface area contributed by atoms with Crippen LogP contribution < -0.4 is 10.2 Å². The summed E-state index contributed by atoms with van der Waals surface area (Å²) in [4.78, 5) is 27.2. The number of nitrogens with one attached hydrogen (secondary N) is 1. The first-order valence-corrected chi connectivity index (χ1v) is 12.3. The van der Waals surface area contributed by atoms with E-state index in [1.165, 1.54) is 0 Å². The van der Waals surface area contributed by atoms with Crippen LogP contribution in [0.1, 0.15) is 33.1 Å². The Hall–Kier alpha value is -2.99. The lowest BCUT2D eigenvalue weighted by Crippen LogP contribution is -2.41. The van der Waals surface area contributed by atoms with Crippen LogP contribution >= 0.6 is 0 Å². The molecule has 0 aliphatic carbocycles. The van der Waals surface area contributed by atoms with Gasteiger partial charge in [0.25, 0.3) is 0 Å². The van der Waals surface area contributed by atoms with Gasteiger partial charge in [0, 0.05) is 36.5 Å². The molecule has 0 atom stereocenters. The third-order valence-corrected chi connectivity index (χ3v) is 6.63. The number of hydrogen-bond donors (Lipinski definition) is 1. The van der Waals surface area contributed by atoms with Gasteiger partial charge in [-0.1, -0.05) is 56.3 Å². The summed E-state index contributed by atoms with van der Waals surface area (Å²) in [7, 11) is 0. The van der Waals surface area contributed by atoms with E-state index in [0.717, 1.165) is 86.6 Å². The van der Waals surface area contributed by atoms with E-state index >= 15 is 0 Å². The Labute approximate surface area is 197 Å². The van der Waals surface area contributed by atoms with Crippen molar-refractivity contribution in [1.82, 2.24) is 20.2 Å². The molecular weight excluding hydrogens is 410 g/mol. The molecule has 174 valence electrons. The largest absolute Gasteiger partial charge is 0.356 e. The van der Waals surface area contributed by atoms with Crippen LogP contribution in [0.3, 0.4) is 0 Å².